The number of rotatable bonds is 2. The smallest absolute Gasteiger partial charge is 0.194 e. The zero-order valence-electron chi connectivity index (χ0n) is 7.16. The predicted octanol–water partition coefficient (Wildman–Crippen LogP) is 1.33. The molecule has 0 saturated carbocycles. The molecule has 0 aromatic heterocycles. The lowest BCUT2D eigenvalue weighted by molar-refractivity contribution is 0.269. The van der Waals surface area contributed by atoms with Crippen LogP contribution in [0, 0.1) is 5.82 Å². The number of aliphatic hydroxyl groups is 1. The van der Waals surface area contributed by atoms with E-state index in [-0.39, 0.29) is 12.5 Å². The number of phenols is 2. The fraction of sp³-hybridized carbons (Fsp3) is 0.333. The van der Waals surface area contributed by atoms with E-state index in [0.29, 0.717) is 5.56 Å². The highest BCUT2D eigenvalue weighted by Gasteiger charge is 2.15. The molecule has 0 aliphatic rings. The van der Waals surface area contributed by atoms with Crippen molar-refractivity contribution in [2.45, 2.75) is 12.8 Å². The quantitative estimate of drug-likeness (QED) is 0.610. The predicted molar refractivity (Wildman–Crippen MR) is 45.2 cm³/mol. The highest BCUT2D eigenvalue weighted by molar-refractivity contribution is 5.46. The number of hydrogen-bond donors (Lipinski definition) is 3. The van der Waals surface area contributed by atoms with Crippen molar-refractivity contribution in [3.05, 3.63) is 23.5 Å². The van der Waals surface area contributed by atoms with Crippen molar-refractivity contribution in [2.75, 3.05) is 6.61 Å². The number of hydrogen-bond acceptors (Lipinski definition) is 3. The lowest BCUT2D eigenvalue weighted by atomic mass is 10.0. The molecule has 0 amide bonds. The van der Waals surface area contributed by atoms with Crippen LogP contribution in [0.15, 0.2) is 12.1 Å². The number of aromatic hydroxyl groups is 2. The highest BCUT2D eigenvalue weighted by Crippen LogP contribution is 2.35. The molecule has 1 aromatic rings. The Morgan fingerprint density at radius 1 is 1.31 bits per heavy atom. The van der Waals surface area contributed by atoms with Crippen LogP contribution in [0.4, 0.5) is 4.39 Å². The zero-order valence-corrected chi connectivity index (χ0v) is 7.16. The normalized spacial score (nSPS) is 12.8. The van der Waals surface area contributed by atoms with Gasteiger partial charge in [0, 0.05) is 18.1 Å². The highest BCUT2D eigenvalue weighted by atomic mass is 19.1. The Labute approximate surface area is 75.1 Å². The van der Waals surface area contributed by atoms with Gasteiger partial charge in [-0.2, -0.15) is 0 Å². The Balaban J connectivity index is 3.18. The van der Waals surface area contributed by atoms with Crippen LogP contribution in [0.5, 0.6) is 11.5 Å². The first kappa shape index (κ1) is 9.80. The van der Waals surface area contributed by atoms with E-state index < -0.39 is 17.3 Å². The largest absolute Gasteiger partial charge is 0.504 e. The van der Waals surface area contributed by atoms with Crippen molar-refractivity contribution in [1.29, 1.82) is 0 Å². The van der Waals surface area contributed by atoms with E-state index in [4.69, 9.17) is 10.2 Å². The fourth-order valence-corrected chi connectivity index (χ4v) is 1.07. The number of aliphatic hydroxyl groups excluding tert-OH is 1. The maximum atomic E-state index is 12.7. The first-order valence-electron chi connectivity index (χ1n) is 3.89. The van der Waals surface area contributed by atoms with Crippen LogP contribution in [0.1, 0.15) is 18.4 Å². The van der Waals surface area contributed by atoms with Gasteiger partial charge in [-0.15, -0.1) is 0 Å². The Hall–Kier alpha value is -1.29. The van der Waals surface area contributed by atoms with Gasteiger partial charge in [0.1, 0.15) is 0 Å². The minimum atomic E-state index is -0.869. The van der Waals surface area contributed by atoms with Gasteiger partial charge in [-0.1, -0.05) is 13.0 Å². The maximum absolute atomic E-state index is 12.7. The van der Waals surface area contributed by atoms with Gasteiger partial charge in [0.25, 0.3) is 0 Å². The molecule has 13 heavy (non-hydrogen) atoms. The summed E-state index contributed by atoms with van der Waals surface area (Å²) in [6.45, 7) is 1.49. The zero-order chi connectivity index (χ0) is 10.0. The second-order valence-corrected chi connectivity index (χ2v) is 2.92. The summed E-state index contributed by atoms with van der Waals surface area (Å²) in [6, 6.07) is 2.39. The summed E-state index contributed by atoms with van der Waals surface area (Å²) in [5, 5.41) is 27.1. The monoisotopic (exact) mass is 186 g/mol. The Bertz CT molecular complexity index is 312. The van der Waals surface area contributed by atoms with E-state index in [1.54, 1.807) is 6.92 Å². The molecule has 0 saturated heterocycles. The van der Waals surface area contributed by atoms with Gasteiger partial charge in [0.05, 0.1) is 0 Å². The molecule has 0 radical (unpaired) electrons. The molecule has 0 fully saturated rings. The molecule has 72 valence electrons. The third kappa shape index (κ3) is 1.72. The lowest BCUT2D eigenvalue weighted by Gasteiger charge is -2.11. The van der Waals surface area contributed by atoms with Crippen LogP contribution >= 0.6 is 0 Å². The molecule has 1 atom stereocenters. The molecule has 0 aliphatic carbocycles. The molecule has 3 nitrogen and oxygen atoms in total. The number of halogens is 1. The van der Waals surface area contributed by atoms with E-state index in [1.165, 1.54) is 6.07 Å². The van der Waals surface area contributed by atoms with Crippen molar-refractivity contribution in [3.63, 3.8) is 0 Å². The van der Waals surface area contributed by atoms with Crippen LogP contribution < -0.4 is 0 Å². The summed E-state index contributed by atoms with van der Waals surface area (Å²) in [5.41, 5.74) is 0.335. The van der Waals surface area contributed by atoms with E-state index in [0.717, 1.165) is 6.07 Å². The van der Waals surface area contributed by atoms with Crippen molar-refractivity contribution < 1.29 is 19.7 Å². The molecular formula is C9H11FO3. The Morgan fingerprint density at radius 2 is 1.92 bits per heavy atom. The Kier molecular flexibility index (Phi) is 2.72. The summed E-state index contributed by atoms with van der Waals surface area (Å²) in [6.07, 6.45) is 0. The SMILES string of the molecule is CC(CO)c1ccc(F)c(O)c1O. The van der Waals surface area contributed by atoms with Crippen molar-refractivity contribution in [1.82, 2.24) is 0 Å². The second kappa shape index (κ2) is 3.62. The molecule has 0 spiro atoms. The summed E-state index contributed by atoms with van der Waals surface area (Å²) >= 11 is 0. The topological polar surface area (TPSA) is 60.7 Å². The number of phenolic OH excluding ortho intramolecular Hbond substituents is 2. The van der Waals surface area contributed by atoms with Gasteiger partial charge in [0.2, 0.25) is 0 Å². The van der Waals surface area contributed by atoms with E-state index in [9.17, 15) is 9.50 Å². The summed E-state index contributed by atoms with van der Waals surface area (Å²) < 4.78 is 12.7. The third-order valence-corrected chi connectivity index (χ3v) is 1.94. The maximum Gasteiger partial charge on any atom is 0.194 e. The summed E-state index contributed by atoms with van der Waals surface area (Å²) in [4.78, 5) is 0. The van der Waals surface area contributed by atoms with E-state index in [2.05, 4.69) is 0 Å². The van der Waals surface area contributed by atoms with E-state index in [1.807, 2.05) is 0 Å². The second-order valence-electron chi connectivity index (χ2n) is 2.92. The minimum Gasteiger partial charge on any atom is -0.504 e. The van der Waals surface area contributed by atoms with Gasteiger partial charge >= 0.3 is 0 Å². The fourth-order valence-electron chi connectivity index (χ4n) is 1.07. The summed E-state index contributed by atoms with van der Waals surface area (Å²) in [5.74, 6) is -2.46. The Morgan fingerprint density at radius 3 is 2.46 bits per heavy atom. The number of benzene rings is 1. The van der Waals surface area contributed by atoms with Crippen molar-refractivity contribution in [2.24, 2.45) is 0 Å². The van der Waals surface area contributed by atoms with Gasteiger partial charge < -0.3 is 15.3 Å². The lowest BCUT2D eigenvalue weighted by Crippen LogP contribution is -1.99. The molecule has 4 heteroatoms. The molecule has 1 aromatic carbocycles. The molecule has 1 unspecified atom stereocenters. The standard InChI is InChI=1S/C9H11FO3/c1-5(4-11)6-2-3-7(10)9(13)8(6)12/h2-3,5,11-13H,4H2,1H3. The van der Waals surface area contributed by atoms with Crippen LogP contribution in [0.2, 0.25) is 0 Å². The van der Waals surface area contributed by atoms with E-state index >= 15 is 0 Å². The molecule has 3 N–H and O–H groups in total. The first-order valence-corrected chi connectivity index (χ1v) is 3.89. The molecule has 0 heterocycles. The first-order chi connectivity index (χ1) is 6.07. The average molecular weight is 186 g/mol. The molecule has 0 bridgehead atoms. The van der Waals surface area contributed by atoms with Gasteiger partial charge in [-0.3, -0.25) is 0 Å². The molecule has 1 rings (SSSR count). The van der Waals surface area contributed by atoms with Crippen LogP contribution in [0.25, 0.3) is 0 Å². The van der Waals surface area contributed by atoms with Gasteiger partial charge in [-0.25, -0.2) is 4.39 Å². The minimum absolute atomic E-state index is 0.168. The molecular weight excluding hydrogens is 175 g/mol. The molecule has 0 aliphatic heterocycles. The van der Waals surface area contributed by atoms with Gasteiger partial charge in [-0.05, 0) is 6.07 Å². The van der Waals surface area contributed by atoms with Crippen LogP contribution in [0.3, 0.4) is 0 Å². The van der Waals surface area contributed by atoms with Crippen LogP contribution in [-0.4, -0.2) is 21.9 Å². The summed E-state index contributed by atoms with van der Waals surface area (Å²) in [7, 11) is 0. The average Bonchev–Trinajstić information content (AvgIpc) is 2.13. The van der Waals surface area contributed by atoms with Crippen molar-refractivity contribution in [3.8, 4) is 11.5 Å². The van der Waals surface area contributed by atoms with Crippen molar-refractivity contribution >= 4 is 0 Å². The van der Waals surface area contributed by atoms with Crippen LogP contribution in [-0.2, 0) is 0 Å². The van der Waals surface area contributed by atoms with Gasteiger partial charge in [0.15, 0.2) is 17.3 Å². The third-order valence-electron chi connectivity index (χ3n) is 1.94.